The summed E-state index contributed by atoms with van der Waals surface area (Å²) in [7, 11) is -6.34. The van der Waals surface area contributed by atoms with Gasteiger partial charge in [0.15, 0.2) is 0 Å². The number of halogens is 7. The molecule has 1 unspecified atom stereocenters. The third kappa shape index (κ3) is 8.13. The van der Waals surface area contributed by atoms with Gasteiger partial charge in [-0.1, -0.05) is 0 Å². The number of hydrogen-bond donors (Lipinski definition) is 0. The Morgan fingerprint density at radius 1 is 0.694 bits per heavy atom. The quantitative estimate of drug-likeness (QED) is 0.220. The van der Waals surface area contributed by atoms with E-state index in [2.05, 4.69) is 0 Å². The standard InChI is InChI=1S/C23H27F6IO5S/c1-20(2,3)33-17-11-7-15(8-12-17)30(16-9-13-18(14-10-16)34-21(4,5)6)35-36(31,32)23(28,29)19(24)22(25,26)27/h7-14,19H,1-6H3. The normalized spacial score (nSPS) is 14.8. The van der Waals surface area contributed by atoms with Crippen LogP contribution in [0.1, 0.15) is 41.5 Å². The second-order valence-electron chi connectivity index (χ2n) is 9.57. The summed E-state index contributed by atoms with van der Waals surface area (Å²) in [6, 6.07) is 11.3. The Bertz CT molecular complexity index is 1060. The van der Waals surface area contributed by atoms with Gasteiger partial charge in [0.05, 0.1) is 0 Å². The van der Waals surface area contributed by atoms with E-state index >= 15 is 0 Å². The number of benzene rings is 2. The van der Waals surface area contributed by atoms with E-state index in [1.165, 1.54) is 48.5 Å². The van der Waals surface area contributed by atoms with Gasteiger partial charge in [-0.25, -0.2) is 0 Å². The second kappa shape index (κ2) is 10.6. The van der Waals surface area contributed by atoms with Crippen LogP contribution < -0.4 is 9.47 Å². The van der Waals surface area contributed by atoms with Crippen molar-refractivity contribution >= 4 is 30.4 Å². The predicted octanol–water partition coefficient (Wildman–Crippen LogP) is 7.34. The van der Waals surface area contributed by atoms with E-state index in [0.717, 1.165) is 0 Å². The molecule has 0 aromatic heterocycles. The molecule has 5 nitrogen and oxygen atoms in total. The van der Waals surface area contributed by atoms with E-state index < -0.39 is 59.2 Å². The second-order valence-corrected chi connectivity index (χ2v) is 16.1. The van der Waals surface area contributed by atoms with Gasteiger partial charge in [0, 0.05) is 0 Å². The summed E-state index contributed by atoms with van der Waals surface area (Å²) in [4.78, 5) is 0. The molecule has 0 amide bonds. The van der Waals surface area contributed by atoms with E-state index in [-0.39, 0.29) is 7.14 Å². The minimum atomic E-state index is -6.34. The van der Waals surface area contributed by atoms with Crippen LogP contribution in [0.25, 0.3) is 0 Å². The van der Waals surface area contributed by atoms with Crippen molar-refractivity contribution in [3.63, 3.8) is 0 Å². The van der Waals surface area contributed by atoms with Crippen LogP contribution in [-0.4, -0.2) is 37.2 Å². The van der Waals surface area contributed by atoms with Gasteiger partial charge in [-0.2, -0.15) is 0 Å². The van der Waals surface area contributed by atoms with E-state index in [9.17, 15) is 34.8 Å². The van der Waals surface area contributed by atoms with E-state index in [1.54, 1.807) is 41.5 Å². The molecular formula is C23H27F6IO5S. The zero-order valence-electron chi connectivity index (χ0n) is 20.3. The first-order valence-corrected chi connectivity index (χ1v) is 14.9. The Morgan fingerprint density at radius 2 is 1.03 bits per heavy atom. The van der Waals surface area contributed by atoms with Crippen LogP contribution >= 0.6 is 20.2 Å². The third-order valence-electron chi connectivity index (χ3n) is 3.93. The first kappa shape index (κ1) is 30.5. The average molecular weight is 656 g/mol. The van der Waals surface area contributed by atoms with E-state index in [4.69, 9.17) is 12.0 Å². The van der Waals surface area contributed by atoms with E-state index in [0.29, 0.717) is 11.5 Å². The maximum atomic E-state index is 14.2. The molecule has 0 aliphatic carbocycles. The number of alkyl halides is 6. The number of rotatable bonds is 8. The number of ether oxygens (including phenoxy) is 2. The topological polar surface area (TPSA) is 61.8 Å². The summed E-state index contributed by atoms with van der Waals surface area (Å²) in [6.07, 6.45) is -11.1. The Balaban J connectivity index is 2.51. The molecule has 1 atom stereocenters. The molecule has 0 bridgehead atoms. The Hall–Kier alpha value is -1.74. The molecule has 0 aliphatic heterocycles. The zero-order valence-corrected chi connectivity index (χ0v) is 23.3. The Kier molecular flexibility index (Phi) is 8.94. The SMILES string of the molecule is CC(C)(C)Oc1ccc(I(OS(=O)(=O)C(F)(F)C(F)C(F)(F)F)c2ccc(OC(C)(C)C)cc2)cc1. The fraction of sp³-hybridized carbons (Fsp3) is 0.478. The van der Waals surface area contributed by atoms with Crippen LogP contribution in [0, 0.1) is 7.14 Å². The van der Waals surface area contributed by atoms with Crippen molar-refractivity contribution in [3.05, 3.63) is 55.7 Å². The summed E-state index contributed by atoms with van der Waals surface area (Å²) in [5, 5.41) is -5.86. The van der Waals surface area contributed by atoms with Gasteiger partial charge in [-0.05, 0) is 0 Å². The molecule has 0 aliphatic rings. The van der Waals surface area contributed by atoms with Gasteiger partial charge >= 0.3 is 215 Å². The first-order chi connectivity index (χ1) is 16.1. The molecular weight excluding hydrogens is 629 g/mol. The van der Waals surface area contributed by atoms with Crippen LogP contribution in [0.4, 0.5) is 26.3 Å². The molecule has 2 rings (SSSR count). The molecule has 0 saturated heterocycles. The van der Waals surface area contributed by atoms with Crippen molar-refractivity contribution in [2.45, 2.75) is 70.3 Å². The summed E-state index contributed by atoms with van der Waals surface area (Å²) < 4.78 is 121. The molecule has 0 saturated carbocycles. The summed E-state index contributed by atoms with van der Waals surface area (Å²) >= 11 is -3.86. The Morgan fingerprint density at radius 3 is 1.31 bits per heavy atom. The van der Waals surface area contributed by atoms with Crippen LogP contribution in [0.15, 0.2) is 48.5 Å². The summed E-state index contributed by atoms with van der Waals surface area (Å²) in [5.41, 5.74) is -1.14. The average Bonchev–Trinajstić information content (AvgIpc) is 2.70. The molecule has 36 heavy (non-hydrogen) atoms. The molecule has 2 aromatic carbocycles. The third-order valence-corrected chi connectivity index (χ3v) is 11.3. The van der Waals surface area contributed by atoms with Crippen molar-refractivity contribution < 1.29 is 46.7 Å². The van der Waals surface area contributed by atoms with Gasteiger partial charge in [0.1, 0.15) is 0 Å². The fourth-order valence-corrected chi connectivity index (χ4v) is 9.49. The van der Waals surface area contributed by atoms with Gasteiger partial charge < -0.3 is 0 Å². The van der Waals surface area contributed by atoms with Crippen LogP contribution in [0.3, 0.4) is 0 Å². The first-order valence-electron chi connectivity index (χ1n) is 10.4. The van der Waals surface area contributed by atoms with Crippen molar-refractivity contribution in [1.82, 2.24) is 0 Å². The molecule has 2 aromatic rings. The molecule has 13 heteroatoms. The van der Waals surface area contributed by atoms with Gasteiger partial charge in [-0.3, -0.25) is 0 Å². The van der Waals surface area contributed by atoms with Crippen molar-refractivity contribution in [2.75, 3.05) is 0 Å². The zero-order chi connectivity index (χ0) is 27.7. The minimum absolute atomic E-state index is 0.145. The number of hydrogen-bond acceptors (Lipinski definition) is 5. The summed E-state index contributed by atoms with van der Waals surface area (Å²) in [5.74, 6) is 0.759. The molecule has 0 N–H and O–H groups in total. The van der Waals surface area contributed by atoms with Gasteiger partial charge in [0.25, 0.3) is 0 Å². The maximum absolute atomic E-state index is 14.2. The molecule has 0 radical (unpaired) electrons. The summed E-state index contributed by atoms with van der Waals surface area (Å²) in [6.45, 7) is 10.7. The van der Waals surface area contributed by atoms with Gasteiger partial charge in [0.2, 0.25) is 0 Å². The Labute approximate surface area is 214 Å². The van der Waals surface area contributed by atoms with Crippen molar-refractivity contribution in [1.29, 1.82) is 0 Å². The van der Waals surface area contributed by atoms with Crippen molar-refractivity contribution in [3.8, 4) is 11.5 Å². The van der Waals surface area contributed by atoms with Crippen LogP contribution in [-0.2, 0) is 12.6 Å². The van der Waals surface area contributed by atoms with Gasteiger partial charge in [-0.15, -0.1) is 0 Å². The van der Waals surface area contributed by atoms with E-state index in [1.807, 2.05) is 0 Å². The monoisotopic (exact) mass is 656 g/mol. The predicted molar refractivity (Wildman–Crippen MR) is 131 cm³/mol. The molecule has 0 heterocycles. The fourth-order valence-electron chi connectivity index (χ4n) is 2.58. The molecule has 0 spiro atoms. The van der Waals surface area contributed by atoms with Crippen LogP contribution in [0.2, 0.25) is 0 Å². The molecule has 0 fully saturated rings. The molecule has 204 valence electrons. The van der Waals surface area contributed by atoms with Crippen molar-refractivity contribution in [2.24, 2.45) is 0 Å². The van der Waals surface area contributed by atoms with Crippen LogP contribution in [0.5, 0.6) is 11.5 Å².